The Morgan fingerprint density at radius 3 is 2.51 bits per heavy atom. The van der Waals surface area contributed by atoms with Crippen LogP contribution in [-0.4, -0.2) is 86.9 Å². The molecule has 1 amide bonds. The zero-order valence-electron chi connectivity index (χ0n) is 21.1. The molecule has 1 spiro atoms. The molecule has 4 rings (SSSR count). The van der Waals surface area contributed by atoms with Crippen LogP contribution in [-0.2, 0) is 16.1 Å². The summed E-state index contributed by atoms with van der Waals surface area (Å²) in [5, 5.41) is 20.9. The molecule has 2 fully saturated rings. The van der Waals surface area contributed by atoms with Gasteiger partial charge in [-0.3, -0.25) is 24.3 Å². The van der Waals surface area contributed by atoms with E-state index in [1.54, 1.807) is 23.4 Å². The number of aromatic nitrogens is 2. The molecule has 2 aromatic rings. The van der Waals surface area contributed by atoms with E-state index in [0.29, 0.717) is 32.2 Å². The number of cyclic esters (lactones) is 1. The first-order valence-electron chi connectivity index (χ1n) is 13.0. The Kier molecular flexibility index (Phi) is 9.07. The molecule has 4 heterocycles. The van der Waals surface area contributed by atoms with Crippen LogP contribution in [0.15, 0.2) is 47.7 Å². The van der Waals surface area contributed by atoms with Gasteiger partial charge in [0.15, 0.2) is 0 Å². The summed E-state index contributed by atoms with van der Waals surface area (Å²) in [6.07, 6.45) is 6.02. The van der Waals surface area contributed by atoms with Gasteiger partial charge in [0, 0.05) is 49.9 Å². The fourth-order valence-corrected chi connectivity index (χ4v) is 5.19. The van der Waals surface area contributed by atoms with Gasteiger partial charge in [-0.05, 0) is 69.0 Å². The highest BCUT2D eigenvalue weighted by Crippen LogP contribution is 2.38. The lowest BCUT2D eigenvalue weighted by atomic mass is 9.74. The fraction of sp³-hybridized carbons (Fsp3) is 0.556. The quantitative estimate of drug-likeness (QED) is 0.524. The van der Waals surface area contributed by atoms with Crippen molar-refractivity contribution in [1.29, 1.82) is 0 Å². The van der Waals surface area contributed by atoms with Crippen LogP contribution >= 0.6 is 0 Å². The van der Waals surface area contributed by atoms with E-state index in [9.17, 15) is 24.6 Å². The summed E-state index contributed by atoms with van der Waals surface area (Å²) in [6.45, 7) is 2.63. The average Bonchev–Trinajstić information content (AvgIpc) is 2.92. The molecule has 0 aromatic carbocycles. The van der Waals surface area contributed by atoms with Gasteiger partial charge in [-0.25, -0.2) is 0 Å². The minimum atomic E-state index is -1.25. The van der Waals surface area contributed by atoms with Crippen LogP contribution in [0.2, 0.25) is 0 Å². The number of carbonyl (C=O) groups is 2. The molecule has 10 heteroatoms. The maximum atomic E-state index is 13.3. The minimum Gasteiger partial charge on any atom is -0.462 e. The van der Waals surface area contributed by atoms with Crippen LogP contribution in [0.5, 0.6) is 0 Å². The van der Waals surface area contributed by atoms with Crippen LogP contribution < -0.4 is 5.56 Å². The number of rotatable bonds is 3. The van der Waals surface area contributed by atoms with E-state index in [1.807, 2.05) is 12.1 Å². The number of nitrogens with zero attached hydrogens (tertiary/aromatic N) is 3. The third kappa shape index (κ3) is 7.03. The van der Waals surface area contributed by atoms with Crippen LogP contribution in [0.25, 0.3) is 0 Å². The summed E-state index contributed by atoms with van der Waals surface area (Å²) < 4.78 is 5.55. The number of nitrogens with one attached hydrogen (secondary N) is 1. The van der Waals surface area contributed by atoms with Crippen LogP contribution in [0, 0.1) is 5.41 Å². The Bertz CT molecular complexity index is 1100. The number of H-pyrrole nitrogens is 1. The van der Waals surface area contributed by atoms with Crippen LogP contribution in [0.3, 0.4) is 0 Å². The monoisotopic (exact) mass is 512 g/mol. The summed E-state index contributed by atoms with van der Waals surface area (Å²) in [7, 11) is 0. The maximum absolute atomic E-state index is 13.3. The molecule has 200 valence electrons. The molecule has 10 nitrogen and oxygen atoms in total. The second kappa shape index (κ2) is 12.4. The summed E-state index contributed by atoms with van der Waals surface area (Å²) in [4.78, 5) is 48.5. The van der Waals surface area contributed by atoms with E-state index in [1.165, 1.54) is 17.8 Å². The summed E-state index contributed by atoms with van der Waals surface area (Å²) in [5.41, 5.74) is 0.431. The van der Waals surface area contributed by atoms with Gasteiger partial charge in [-0.1, -0.05) is 6.42 Å². The van der Waals surface area contributed by atoms with Crippen LogP contribution in [0.1, 0.15) is 54.4 Å². The van der Waals surface area contributed by atoms with Gasteiger partial charge < -0.3 is 24.8 Å². The van der Waals surface area contributed by atoms with Crippen molar-refractivity contribution in [3.05, 3.63) is 64.3 Å². The molecule has 0 aliphatic carbocycles. The number of likely N-dealkylation sites (tertiary alicyclic amines) is 1. The number of pyridine rings is 2. The Morgan fingerprint density at radius 1 is 1.03 bits per heavy atom. The first-order chi connectivity index (χ1) is 17.9. The van der Waals surface area contributed by atoms with Crippen molar-refractivity contribution < 1.29 is 24.5 Å². The van der Waals surface area contributed by atoms with Gasteiger partial charge in [0.25, 0.3) is 5.91 Å². The van der Waals surface area contributed by atoms with E-state index in [-0.39, 0.29) is 42.6 Å². The second-order valence-electron chi connectivity index (χ2n) is 10.1. The smallest absolute Gasteiger partial charge is 0.312 e. The number of piperidine rings is 1. The van der Waals surface area contributed by atoms with Gasteiger partial charge in [0.1, 0.15) is 12.7 Å². The normalized spacial score (nSPS) is 23.9. The van der Waals surface area contributed by atoms with Crippen molar-refractivity contribution in [2.75, 3.05) is 32.8 Å². The Hall–Kier alpha value is -3.08. The highest BCUT2D eigenvalue weighted by molar-refractivity contribution is 5.94. The topological polar surface area (TPSA) is 136 Å². The molecule has 2 saturated heterocycles. The largest absolute Gasteiger partial charge is 0.462 e. The molecule has 0 radical (unpaired) electrons. The zero-order chi connectivity index (χ0) is 26.3. The van der Waals surface area contributed by atoms with Crippen molar-refractivity contribution in [3.8, 4) is 0 Å². The Morgan fingerprint density at radius 2 is 1.78 bits per heavy atom. The number of aliphatic hydroxyl groups is 2. The molecule has 2 aromatic heterocycles. The lowest BCUT2D eigenvalue weighted by Gasteiger charge is -2.40. The fourth-order valence-electron chi connectivity index (χ4n) is 5.19. The van der Waals surface area contributed by atoms with Crippen molar-refractivity contribution >= 4 is 11.9 Å². The number of carbonyl (C=O) groups excluding carboxylic acids is 2. The van der Waals surface area contributed by atoms with Crippen LogP contribution in [0.4, 0.5) is 0 Å². The molecular weight excluding hydrogens is 476 g/mol. The highest BCUT2D eigenvalue weighted by atomic mass is 16.5. The molecule has 2 atom stereocenters. The molecule has 3 N–H and O–H groups in total. The number of esters is 1. The first kappa shape index (κ1) is 27.0. The first-order valence-corrected chi connectivity index (χ1v) is 13.0. The minimum absolute atomic E-state index is 0.128. The van der Waals surface area contributed by atoms with Gasteiger partial charge in [-0.15, -0.1) is 0 Å². The van der Waals surface area contributed by atoms with Gasteiger partial charge in [0.05, 0.1) is 11.5 Å². The number of ether oxygens (including phenoxy) is 1. The predicted molar refractivity (Wildman–Crippen MR) is 136 cm³/mol. The van der Waals surface area contributed by atoms with Gasteiger partial charge >= 0.3 is 5.97 Å². The summed E-state index contributed by atoms with van der Waals surface area (Å²) >= 11 is 0. The van der Waals surface area contributed by atoms with E-state index >= 15 is 0 Å². The van der Waals surface area contributed by atoms with Crippen molar-refractivity contribution in [2.24, 2.45) is 5.41 Å². The SMILES string of the molecule is O=C(c1cc[nH]c(=O)c1)N1CCCCC2(CCN(Cc3ccncc3)CC2)C(=O)OC[C@@H](O)[C@@H](O)CC1. The standard InChI is InChI=1S/C27H36N4O6/c32-22-6-14-31(25(35)21-5-12-29-24(34)17-21)13-2-1-7-27(26(36)37-19-23(22)33)8-15-30(16-9-27)18-20-3-10-28-11-4-20/h3-5,10-12,17,22-23,32-33H,1-2,6-9,13-16,18-19H2,(H,29,34)/t22-,23+/m0/s1. The van der Waals surface area contributed by atoms with Gasteiger partial charge in [-0.2, -0.15) is 0 Å². The highest BCUT2D eigenvalue weighted by Gasteiger charge is 2.42. The maximum Gasteiger partial charge on any atom is 0.312 e. The van der Waals surface area contributed by atoms with E-state index in [2.05, 4.69) is 14.9 Å². The number of aromatic amines is 1. The summed E-state index contributed by atoms with van der Waals surface area (Å²) in [6, 6.07) is 6.79. The number of amides is 1. The molecule has 0 bridgehead atoms. The lowest BCUT2D eigenvalue weighted by Crippen LogP contribution is -2.45. The van der Waals surface area contributed by atoms with Crippen molar-refractivity contribution in [3.63, 3.8) is 0 Å². The third-order valence-corrected chi connectivity index (χ3v) is 7.57. The zero-order valence-corrected chi connectivity index (χ0v) is 21.1. The number of aliphatic hydroxyl groups excluding tert-OH is 2. The van der Waals surface area contributed by atoms with E-state index in [0.717, 1.165) is 26.1 Å². The molecule has 0 saturated carbocycles. The molecular formula is C27H36N4O6. The number of hydrogen-bond donors (Lipinski definition) is 3. The average molecular weight is 513 g/mol. The lowest BCUT2D eigenvalue weighted by molar-refractivity contribution is -0.165. The van der Waals surface area contributed by atoms with Crippen molar-refractivity contribution in [2.45, 2.75) is 57.3 Å². The molecule has 37 heavy (non-hydrogen) atoms. The number of hydrogen-bond acceptors (Lipinski definition) is 8. The van der Waals surface area contributed by atoms with E-state index < -0.39 is 17.6 Å². The summed E-state index contributed by atoms with van der Waals surface area (Å²) in [5.74, 6) is -0.618. The molecule has 0 unspecified atom stereocenters. The third-order valence-electron chi connectivity index (χ3n) is 7.57. The molecule has 2 aliphatic rings. The molecule has 2 aliphatic heterocycles. The Labute approximate surface area is 216 Å². The predicted octanol–water partition coefficient (Wildman–Crippen LogP) is 1.33. The van der Waals surface area contributed by atoms with Gasteiger partial charge in [0.2, 0.25) is 5.56 Å². The van der Waals surface area contributed by atoms with Crippen molar-refractivity contribution in [1.82, 2.24) is 19.8 Å². The Balaban J connectivity index is 1.44. The second-order valence-corrected chi connectivity index (χ2v) is 10.1. The van der Waals surface area contributed by atoms with E-state index in [4.69, 9.17) is 4.74 Å².